The van der Waals surface area contributed by atoms with Gasteiger partial charge in [-0.05, 0) is 12.1 Å². The first kappa shape index (κ1) is 13.6. The number of esters is 1. The third-order valence-electron chi connectivity index (χ3n) is 1.75. The largest absolute Gasteiger partial charge is 0.423 e. The van der Waals surface area contributed by atoms with Gasteiger partial charge in [0.25, 0.3) is 0 Å². The molecule has 1 rings (SSSR count). The van der Waals surface area contributed by atoms with Crippen molar-refractivity contribution in [1.82, 2.24) is 0 Å². The lowest BCUT2D eigenvalue weighted by Crippen LogP contribution is -2.15. The van der Waals surface area contributed by atoms with E-state index in [-0.39, 0.29) is 21.7 Å². The van der Waals surface area contributed by atoms with Crippen LogP contribution < -0.4 is 4.74 Å². The van der Waals surface area contributed by atoms with Gasteiger partial charge < -0.3 is 9.29 Å². The summed E-state index contributed by atoms with van der Waals surface area (Å²) in [5.41, 5.74) is 0. The highest BCUT2D eigenvalue weighted by Gasteiger charge is 2.16. The average molecular weight is 281 g/mol. The van der Waals surface area contributed by atoms with E-state index in [1.54, 1.807) is 13.8 Å². The summed E-state index contributed by atoms with van der Waals surface area (Å²) in [6.07, 6.45) is 0. The third kappa shape index (κ3) is 3.28. The second-order valence-corrected chi connectivity index (χ2v) is 4.85. The van der Waals surface area contributed by atoms with Gasteiger partial charge in [0, 0.05) is 16.9 Å². The maximum absolute atomic E-state index is 11.4. The van der Waals surface area contributed by atoms with Crippen molar-refractivity contribution in [2.45, 2.75) is 18.7 Å². The molecule has 0 unspecified atom stereocenters. The summed E-state index contributed by atoms with van der Waals surface area (Å²) in [5, 5.41) is 0.385. The van der Waals surface area contributed by atoms with Gasteiger partial charge in [-0.25, -0.2) is 0 Å². The number of halogens is 2. The molecule has 1 N–H and O–H groups in total. The molecule has 0 saturated heterocycles. The van der Waals surface area contributed by atoms with Crippen LogP contribution in [0.3, 0.4) is 0 Å². The Morgan fingerprint density at radius 2 is 1.88 bits per heavy atom. The fraction of sp³-hybridized carbons (Fsp3) is 0.300. The molecule has 0 fully saturated rings. The zero-order valence-electron chi connectivity index (χ0n) is 8.66. The van der Waals surface area contributed by atoms with Crippen molar-refractivity contribution in [3.63, 3.8) is 0 Å². The summed E-state index contributed by atoms with van der Waals surface area (Å²) in [6, 6.07) is 2.95. The van der Waals surface area contributed by atoms with Gasteiger partial charge in [0.2, 0.25) is 0 Å². The molecule has 0 aliphatic rings. The lowest BCUT2D eigenvalue weighted by molar-refractivity contribution is -0.137. The summed E-state index contributed by atoms with van der Waals surface area (Å²) in [4.78, 5) is 11.9. The van der Waals surface area contributed by atoms with Gasteiger partial charge >= 0.3 is 5.97 Å². The van der Waals surface area contributed by atoms with Gasteiger partial charge in [0.1, 0.15) is 0 Å². The molecule has 88 valence electrons. The minimum atomic E-state index is -0.409. The quantitative estimate of drug-likeness (QED) is 0.514. The molecule has 16 heavy (non-hydrogen) atoms. The van der Waals surface area contributed by atoms with Crippen LogP contribution in [0.4, 0.5) is 0 Å². The van der Waals surface area contributed by atoms with Crippen LogP contribution in [0.1, 0.15) is 13.8 Å². The monoisotopic (exact) mass is 280 g/mol. The molecule has 0 amide bonds. The molecule has 0 aliphatic carbocycles. The maximum atomic E-state index is 11.4. The van der Waals surface area contributed by atoms with Crippen LogP contribution in [0.2, 0.25) is 10.0 Å². The van der Waals surface area contributed by atoms with E-state index in [0.717, 1.165) is 0 Å². The van der Waals surface area contributed by atoms with Crippen molar-refractivity contribution in [3.05, 3.63) is 22.2 Å². The number of ether oxygens (including phenoxy) is 1. The number of carbonyl (C=O) groups is 1. The molecule has 0 radical (unpaired) electrons. The second-order valence-electron chi connectivity index (χ2n) is 3.38. The van der Waals surface area contributed by atoms with Crippen molar-refractivity contribution in [3.8, 4) is 5.75 Å². The van der Waals surface area contributed by atoms with E-state index in [1.165, 1.54) is 12.1 Å². The SMILES string of the molecule is CC(C)C(=O)Oc1c(Cl)cc(SO)cc1Cl. The molecule has 0 bridgehead atoms. The Kier molecular flexibility index (Phi) is 4.92. The summed E-state index contributed by atoms with van der Waals surface area (Å²) >= 11 is 12.3. The van der Waals surface area contributed by atoms with Crippen molar-refractivity contribution < 1.29 is 14.1 Å². The van der Waals surface area contributed by atoms with Gasteiger partial charge in [0.05, 0.1) is 16.0 Å². The summed E-state index contributed by atoms with van der Waals surface area (Å²) < 4.78 is 13.9. The van der Waals surface area contributed by atoms with Crippen LogP contribution in [-0.4, -0.2) is 10.5 Å². The van der Waals surface area contributed by atoms with Crippen LogP contribution in [0.5, 0.6) is 5.75 Å². The van der Waals surface area contributed by atoms with Gasteiger partial charge in [0.15, 0.2) is 5.75 Å². The molecule has 0 atom stereocenters. The topological polar surface area (TPSA) is 46.5 Å². The van der Waals surface area contributed by atoms with E-state index < -0.39 is 5.97 Å². The Bertz CT molecular complexity index is 384. The lowest BCUT2D eigenvalue weighted by Gasteiger charge is -2.10. The second kappa shape index (κ2) is 5.77. The minimum absolute atomic E-state index is 0.125. The molecule has 1 aromatic carbocycles. The number of rotatable bonds is 3. The van der Waals surface area contributed by atoms with Gasteiger partial charge in [-0.15, -0.1) is 0 Å². The molecule has 0 spiro atoms. The standard InChI is InChI=1S/C10H10Cl2O3S/c1-5(2)10(13)15-9-7(11)3-6(16-14)4-8(9)12/h3-5,14H,1-2H3. The molecule has 0 aromatic heterocycles. The Labute approximate surface area is 108 Å². The van der Waals surface area contributed by atoms with Gasteiger partial charge in [-0.3, -0.25) is 4.79 Å². The van der Waals surface area contributed by atoms with Gasteiger partial charge in [-0.1, -0.05) is 37.0 Å². The van der Waals surface area contributed by atoms with E-state index in [1.807, 2.05) is 0 Å². The first-order valence-electron chi connectivity index (χ1n) is 4.48. The van der Waals surface area contributed by atoms with E-state index in [2.05, 4.69) is 0 Å². The Morgan fingerprint density at radius 3 is 2.25 bits per heavy atom. The zero-order valence-corrected chi connectivity index (χ0v) is 11.0. The highest BCUT2D eigenvalue weighted by Crippen LogP contribution is 2.36. The maximum Gasteiger partial charge on any atom is 0.313 e. The highest BCUT2D eigenvalue weighted by atomic mass is 35.5. The van der Waals surface area contributed by atoms with Crippen LogP contribution in [0, 0.1) is 5.92 Å². The van der Waals surface area contributed by atoms with Crippen molar-refractivity contribution in [2.24, 2.45) is 5.92 Å². The molecule has 6 heteroatoms. The van der Waals surface area contributed by atoms with Crippen molar-refractivity contribution in [2.75, 3.05) is 0 Å². The van der Waals surface area contributed by atoms with E-state index in [4.69, 9.17) is 32.5 Å². The number of hydrogen-bond acceptors (Lipinski definition) is 4. The fourth-order valence-corrected chi connectivity index (χ4v) is 1.94. The molecule has 0 heterocycles. The van der Waals surface area contributed by atoms with Crippen molar-refractivity contribution >= 4 is 41.2 Å². The van der Waals surface area contributed by atoms with E-state index in [9.17, 15) is 4.79 Å². The van der Waals surface area contributed by atoms with Crippen LogP contribution in [0.15, 0.2) is 17.0 Å². The molecule has 3 nitrogen and oxygen atoms in total. The fourth-order valence-electron chi connectivity index (χ4n) is 0.905. The van der Waals surface area contributed by atoms with Crippen LogP contribution >= 0.6 is 35.2 Å². The molecule has 0 saturated carbocycles. The minimum Gasteiger partial charge on any atom is -0.423 e. The lowest BCUT2D eigenvalue weighted by atomic mass is 10.2. The molecular weight excluding hydrogens is 271 g/mol. The average Bonchev–Trinajstić information content (AvgIpc) is 2.22. The summed E-state index contributed by atoms with van der Waals surface area (Å²) in [5.74, 6) is -0.549. The van der Waals surface area contributed by atoms with Crippen molar-refractivity contribution in [1.29, 1.82) is 0 Å². The third-order valence-corrected chi connectivity index (χ3v) is 2.76. The first-order valence-corrected chi connectivity index (χ1v) is 6.00. The Morgan fingerprint density at radius 1 is 1.38 bits per heavy atom. The molecule has 1 aromatic rings. The Balaban J connectivity index is 3.01. The summed E-state index contributed by atoms with van der Waals surface area (Å²) in [7, 11) is 0. The van der Waals surface area contributed by atoms with E-state index in [0.29, 0.717) is 16.9 Å². The number of benzene rings is 1. The predicted octanol–water partition coefficient (Wildman–Crippen LogP) is 4.12. The first-order chi connectivity index (χ1) is 7.45. The van der Waals surface area contributed by atoms with Gasteiger partial charge in [-0.2, -0.15) is 0 Å². The highest BCUT2D eigenvalue weighted by molar-refractivity contribution is 7.93. The zero-order chi connectivity index (χ0) is 12.3. The van der Waals surface area contributed by atoms with E-state index >= 15 is 0 Å². The van der Waals surface area contributed by atoms with Crippen LogP contribution in [-0.2, 0) is 4.79 Å². The molecular formula is C10H10Cl2O3S. The smallest absolute Gasteiger partial charge is 0.313 e. The number of carbonyl (C=O) groups excluding carboxylic acids is 1. The number of hydrogen-bond donors (Lipinski definition) is 1. The predicted molar refractivity (Wildman–Crippen MR) is 65.4 cm³/mol. The summed E-state index contributed by atoms with van der Waals surface area (Å²) in [6.45, 7) is 3.42. The molecule has 0 aliphatic heterocycles. The normalized spacial score (nSPS) is 10.6. The Hall–Kier alpha value is -0.420. The van der Waals surface area contributed by atoms with Crippen LogP contribution in [0.25, 0.3) is 0 Å².